The van der Waals surface area contributed by atoms with Crippen molar-refractivity contribution in [2.24, 2.45) is 0 Å². The molecule has 0 unspecified atom stereocenters. The molecule has 0 aliphatic carbocycles. The third kappa shape index (κ3) is 4.55. The quantitative estimate of drug-likeness (QED) is 0.836. The summed E-state index contributed by atoms with van der Waals surface area (Å²) < 4.78 is 5.27. The number of halogens is 1. The number of rotatable bonds is 5. The molecule has 1 aromatic carbocycles. The molecule has 0 atom stereocenters. The van der Waals surface area contributed by atoms with Gasteiger partial charge in [0.2, 0.25) is 5.91 Å². The first-order valence-electron chi connectivity index (χ1n) is 5.79. The number of benzene rings is 1. The first kappa shape index (κ1) is 14.8. The summed E-state index contributed by atoms with van der Waals surface area (Å²) in [6.45, 7) is 4.28. The van der Waals surface area contributed by atoms with Crippen LogP contribution in [-0.2, 0) is 16.1 Å². The van der Waals surface area contributed by atoms with Crippen LogP contribution in [0.4, 0.5) is 5.69 Å². The minimum atomic E-state index is -0.0813. The number of carbonyl (C=O) groups excluding carboxylic acids is 1. The first-order valence-corrected chi connectivity index (χ1v) is 6.17. The lowest BCUT2D eigenvalue weighted by Gasteiger charge is -2.19. The van der Waals surface area contributed by atoms with E-state index in [-0.39, 0.29) is 18.6 Å². The third-order valence-electron chi connectivity index (χ3n) is 2.44. The Morgan fingerprint density at radius 3 is 2.78 bits per heavy atom. The summed E-state index contributed by atoms with van der Waals surface area (Å²) in [5, 5.41) is 0.605. The Hall–Kier alpha value is -1.26. The summed E-state index contributed by atoms with van der Waals surface area (Å²) in [5.74, 6) is -0.0813. The molecule has 4 nitrogen and oxygen atoms in total. The first-order chi connectivity index (χ1) is 8.40. The van der Waals surface area contributed by atoms with E-state index in [1.165, 1.54) is 0 Å². The Bertz CT molecular complexity index is 421. The van der Waals surface area contributed by atoms with Gasteiger partial charge in [0.25, 0.3) is 0 Å². The average Bonchev–Trinajstić information content (AvgIpc) is 2.30. The second-order valence-corrected chi connectivity index (χ2v) is 4.87. The summed E-state index contributed by atoms with van der Waals surface area (Å²) in [5.41, 5.74) is 7.15. The molecule has 0 bridgehead atoms. The number of hydrogen-bond donors (Lipinski definition) is 1. The molecule has 1 rings (SSSR count). The Kier molecular flexibility index (Phi) is 5.44. The van der Waals surface area contributed by atoms with Crippen LogP contribution < -0.4 is 5.73 Å². The van der Waals surface area contributed by atoms with E-state index in [9.17, 15) is 4.79 Å². The van der Waals surface area contributed by atoms with E-state index >= 15 is 0 Å². The minimum absolute atomic E-state index is 0.0401. The number of amides is 1. The Morgan fingerprint density at radius 2 is 2.17 bits per heavy atom. The number of likely N-dealkylation sites (N-methyl/N-ethyl adjacent to an activating group) is 1. The zero-order chi connectivity index (χ0) is 13.7. The van der Waals surface area contributed by atoms with E-state index in [1.54, 1.807) is 30.1 Å². The number of anilines is 1. The van der Waals surface area contributed by atoms with Gasteiger partial charge in [-0.1, -0.05) is 11.6 Å². The predicted octanol–water partition coefficient (Wildman–Crippen LogP) is 2.31. The molecule has 0 aromatic heterocycles. The molecule has 0 heterocycles. The Balaban J connectivity index is 2.60. The average molecular weight is 271 g/mol. The largest absolute Gasteiger partial charge is 0.399 e. The number of ether oxygens (including phenoxy) is 1. The molecule has 1 amide bonds. The summed E-state index contributed by atoms with van der Waals surface area (Å²) in [6, 6.07) is 5.24. The lowest BCUT2D eigenvalue weighted by atomic mass is 10.2. The van der Waals surface area contributed by atoms with Crippen LogP contribution in [0.1, 0.15) is 19.4 Å². The van der Waals surface area contributed by atoms with Crippen LogP contribution in [0.3, 0.4) is 0 Å². The molecule has 0 spiro atoms. The van der Waals surface area contributed by atoms with Crippen LogP contribution in [0.25, 0.3) is 0 Å². The summed E-state index contributed by atoms with van der Waals surface area (Å²) in [4.78, 5) is 13.3. The number of carbonyl (C=O) groups is 1. The summed E-state index contributed by atoms with van der Waals surface area (Å²) in [6.07, 6.45) is 0.0401. The van der Waals surface area contributed by atoms with Crippen molar-refractivity contribution in [1.29, 1.82) is 0 Å². The van der Waals surface area contributed by atoms with Gasteiger partial charge in [0.05, 0.1) is 6.10 Å². The second kappa shape index (κ2) is 6.61. The van der Waals surface area contributed by atoms with Crippen molar-refractivity contribution in [3.8, 4) is 0 Å². The van der Waals surface area contributed by atoms with Gasteiger partial charge in [0.1, 0.15) is 6.61 Å². The molecule has 1 aromatic rings. The molecule has 0 saturated heterocycles. The predicted molar refractivity (Wildman–Crippen MR) is 73.4 cm³/mol. The molecule has 18 heavy (non-hydrogen) atoms. The van der Waals surface area contributed by atoms with Crippen molar-refractivity contribution in [3.63, 3.8) is 0 Å². The van der Waals surface area contributed by atoms with Crippen molar-refractivity contribution in [2.75, 3.05) is 19.4 Å². The number of nitrogens with two attached hydrogens (primary N) is 1. The maximum absolute atomic E-state index is 11.8. The van der Waals surface area contributed by atoms with Crippen LogP contribution in [0.15, 0.2) is 18.2 Å². The van der Waals surface area contributed by atoms with E-state index in [1.807, 2.05) is 13.8 Å². The van der Waals surface area contributed by atoms with Crippen molar-refractivity contribution in [1.82, 2.24) is 4.90 Å². The van der Waals surface area contributed by atoms with Crippen LogP contribution in [0, 0.1) is 0 Å². The smallest absolute Gasteiger partial charge is 0.248 e. The molecule has 0 fully saturated rings. The van der Waals surface area contributed by atoms with E-state index in [0.29, 0.717) is 17.3 Å². The monoisotopic (exact) mass is 270 g/mol. The minimum Gasteiger partial charge on any atom is -0.399 e. The zero-order valence-corrected chi connectivity index (χ0v) is 11.7. The highest BCUT2D eigenvalue weighted by Gasteiger charge is 2.12. The van der Waals surface area contributed by atoms with Crippen LogP contribution in [0.2, 0.25) is 5.02 Å². The standard InChI is InChI=1S/C13H19ClN2O2/c1-9(2)18-8-13(17)16(3)7-10-6-11(15)4-5-12(10)14/h4-6,9H,7-8,15H2,1-3H3. The van der Waals surface area contributed by atoms with Crippen LogP contribution in [-0.4, -0.2) is 30.6 Å². The molecule has 0 aliphatic heterocycles. The molecule has 0 aliphatic rings. The van der Waals surface area contributed by atoms with Gasteiger partial charge in [-0.3, -0.25) is 4.79 Å². The number of nitrogen functional groups attached to an aromatic ring is 1. The molecular formula is C13H19ClN2O2. The fourth-order valence-corrected chi connectivity index (χ4v) is 1.58. The SMILES string of the molecule is CC(C)OCC(=O)N(C)Cc1cc(N)ccc1Cl. The molecule has 0 radical (unpaired) electrons. The van der Waals surface area contributed by atoms with E-state index in [4.69, 9.17) is 22.1 Å². The highest BCUT2D eigenvalue weighted by molar-refractivity contribution is 6.31. The van der Waals surface area contributed by atoms with Gasteiger partial charge < -0.3 is 15.4 Å². The lowest BCUT2D eigenvalue weighted by Crippen LogP contribution is -2.30. The Morgan fingerprint density at radius 1 is 1.50 bits per heavy atom. The van der Waals surface area contributed by atoms with Crippen molar-refractivity contribution in [2.45, 2.75) is 26.5 Å². The topological polar surface area (TPSA) is 55.6 Å². The van der Waals surface area contributed by atoms with Gasteiger partial charge in [0, 0.05) is 24.3 Å². The second-order valence-electron chi connectivity index (χ2n) is 4.46. The van der Waals surface area contributed by atoms with Gasteiger partial charge in [-0.2, -0.15) is 0 Å². The fourth-order valence-electron chi connectivity index (χ4n) is 1.41. The molecule has 2 N–H and O–H groups in total. The van der Waals surface area contributed by atoms with Gasteiger partial charge >= 0.3 is 0 Å². The van der Waals surface area contributed by atoms with E-state index < -0.39 is 0 Å². The molecular weight excluding hydrogens is 252 g/mol. The maximum Gasteiger partial charge on any atom is 0.248 e. The number of nitrogens with zero attached hydrogens (tertiary/aromatic N) is 1. The molecule has 5 heteroatoms. The van der Waals surface area contributed by atoms with E-state index in [0.717, 1.165) is 5.56 Å². The highest BCUT2D eigenvalue weighted by Crippen LogP contribution is 2.20. The van der Waals surface area contributed by atoms with Gasteiger partial charge in [0.15, 0.2) is 0 Å². The lowest BCUT2D eigenvalue weighted by molar-refractivity contribution is -0.136. The van der Waals surface area contributed by atoms with Crippen LogP contribution in [0.5, 0.6) is 0 Å². The highest BCUT2D eigenvalue weighted by atomic mass is 35.5. The van der Waals surface area contributed by atoms with Gasteiger partial charge in [-0.05, 0) is 37.6 Å². The van der Waals surface area contributed by atoms with Crippen molar-refractivity contribution in [3.05, 3.63) is 28.8 Å². The van der Waals surface area contributed by atoms with Crippen LogP contribution >= 0.6 is 11.6 Å². The summed E-state index contributed by atoms with van der Waals surface area (Å²) >= 11 is 6.05. The molecule has 100 valence electrons. The maximum atomic E-state index is 11.8. The van der Waals surface area contributed by atoms with Crippen molar-refractivity contribution < 1.29 is 9.53 Å². The Labute approximate surface area is 113 Å². The third-order valence-corrected chi connectivity index (χ3v) is 2.81. The zero-order valence-electron chi connectivity index (χ0n) is 10.9. The normalized spacial score (nSPS) is 10.7. The number of hydrogen-bond acceptors (Lipinski definition) is 3. The fraction of sp³-hybridized carbons (Fsp3) is 0.462. The van der Waals surface area contributed by atoms with E-state index in [2.05, 4.69) is 0 Å². The summed E-state index contributed by atoms with van der Waals surface area (Å²) in [7, 11) is 1.71. The molecule has 0 saturated carbocycles. The van der Waals surface area contributed by atoms with Crippen molar-refractivity contribution >= 4 is 23.2 Å². The van der Waals surface area contributed by atoms with Gasteiger partial charge in [-0.25, -0.2) is 0 Å². The van der Waals surface area contributed by atoms with Gasteiger partial charge in [-0.15, -0.1) is 0 Å².